The lowest BCUT2D eigenvalue weighted by molar-refractivity contribution is 0.0498. The van der Waals surface area contributed by atoms with E-state index in [-0.39, 0.29) is 10.8 Å². The molecule has 0 N–H and O–H groups in total. The van der Waals surface area contributed by atoms with E-state index in [1.54, 1.807) is 0 Å². The molecule has 124 valence electrons. The molecular formula is C23H21NO. The Hall–Kier alpha value is -2.48. The number of rotatable bonds is 3. The van der Waals surface area contributed by atoms with E-state index in [9.17, 15) is 4.79 Å². The van der Waals surface area contributed by atoms with E-state index in [1.165, 1.54) is 5.39 Å². The van der Waals surface area contributed by atoms with Crippen LogP contribution in [0.1, 0.15) is 42.2 Å². The monoisotopic (exact) mass is 327 g/mol. The Bertz CT molecular complexity index is 972. The molecule has 3 saturated carbocycles. The predicted molar refractivity (Wildman–Crippen MR) is 99.6 cm³/mol. The van der Waals surface area contributed by atoms with Crippen molar-refractivity contribution in [2.24, 2.45) is 11.3 Å². The maximum atomic E-state index is 13.6. The summed E-state index contributed by atoms with van der Waals surface area (Å²) in [4.78, 5) is 18.2. The molecule has 0 radical (unpaired) electrons. The van der Waals surface area contributed by atoms with Gasteiger partial charge in [-0.3, -0.25) is 9.78 Å². The van der Waals surface area contributed by atoms with E-state index in [0.717, 1.165) is 35.9 Å². The molecule has 25 heavy (non-hydrogen) atoms. The lowest BCUT2D eigenvalue weighted by atomic mass is 9.56. The van der Waals surface area contributed by atoms with Crippen molar-refractivity contribution >= 4 is 16.6 Å². The molecule has 2 bridgehead atoms. The number of carbonyl (C=O) groups is 1. The Morgan fingerprint density at radius 3 is 2.48 bits per heavy atom. The predicted octanol–water partition coefficient (Wildman–Crippen LogP) is 5.18. The van der Waals surface area contributed by atoms with Crippen molar-refractivity contribution in [1.82, 2.24) is 4.98 Å². The second-order valence-electron chi connectivity index (χ2n) is 8.00. The van der Waals surface area contributed by atoms with Crippen molar-refractivity contribution in [3.8, 4) is 0 Å². The highest BCUT2D eigenvalue weighted by atomic mass is 16.1. The van der Waals surface area contributed by atoms with Crippen LogP contribution in [0.25, 0.3) is 10.8 Å². The third kappa shape index (κ3) is 1.91. The maximum Gasteiger partial charge on any atom is 0.169 e. The minimum Gasteiger partial charge on any atom is -0.294 e. The Kier molecular flexibility index (Phi) is 2.97. The first-order valence-electron chi connectivity index (χ1n) is 9.08. The third-order valence-corrected chi connectivity index (χ3v) is 6.70. The van der Waals surface area contributed by atoms with E-state index in [1.807, 2.05) is 36.5 Å². The number of ketones is 1. The molecule has 2 nitrogen and oxygen atoms in total. The first kappa shape index (κ1) is 14.8. The zero-order valence-electron chi connectivity index (χ0n) is 14.4. The highest BCUT2D eigenvalue weighted by Crippen LogP contribution is 2.69. The number of pyridine rings is 1. The number of hydrogen-bond acceptors (Lipinski definition) is 2. The van der Waals surface area contributed by atoms with Gasteiger partial charge >= 0.3 is 0 Å². The van der Waals surface area contributed by atoms with Gasteiger partial charge in [0, 0.05) is 28.3 Å². The smallest absolute Gasteiger partial charge is 0.169 e. The second kappa shape index (κ2) is 5.01. The molecule has 2 aromatic carbocycles. The molecule has 0 spiro atoms. The number of nitrogens with zero attached hydrogens (tertiary/aromatic N) is 1. The van der Waals surface area contributed by atoms with Crippen molar-refractivity contribution in [2.75, 3.05) is 0 Å². The molecule has 0 aliphatic heterocycles. The van der Waals surface area contributed by atoms with Crippen LogP contribution in [-0.4, -0.2) is 10.8 Å². The summed E-state index contributed by atoms with van der Waals surface area (Å²) in [6.07, 6.45) is 4.94. The molecule has 3 aromatic rings. The zero-order chi connectivity index (χ0) is 17.1. The zero-order valence-corrected chi connectivity index (χ0v) is 14.4. The maximum absolute atomic E-state index is 13.6. The Balaban J connectivity index is 1.60. The van der Waals surface area contributed by atoms with Crippen LogP contribution < -0.4 is 0 Å². The van der Waals surface area contributed by atoms with Crippen LogP contribution in [0.3, 0.4) is 0 Å². The average Bonchev–Trinajstić information content (AvgIpc) is 3.10. The summed E-state index contributed by atoms with van der Waals surface area (Å²) in [5.41, 5.74) is 1.49. The van der Waals surface area contributed by atoms with Crippen molar-refractivity contribution in [3.63, 3.8) is 0 Å². The summed E-state index contributed by atoms with van der Waals surface area (Å²) < 4.78 is 0. The number of fused-ring (bicyclic) bond motifs is 2. The molecule has 3 aliphatic rings. The van der Waals surface area contributed by atoms with Crippen LogP contribution in [0, 0.1) is 11.3 Å². The SMILES string of the molecule is C[C@@]1(c2ccccn2)CC2CC1(C(=O)c1ccc3ccccc3c1)C2. The van der Waals surface area contributed by atoms with Crippen molar-refractivity contribution in [1.29, 1.82) is 0 Å². The van der Waals surface area contributed by atoms with Crippen LogP contribution >= 0.6 is 0 Å². The Morgan fingerprint density at radius 2 is 1.72 bits per heavy atom. The number of aromatic nitrogens is 1. The minimum atomic E-state index is -0.283. The molecule has 1 heterocycles. The van der Waals surface area contributed by atoms with Gasteiger partial charge in [-0.15, -0.1) is 0 Å². The Labute approximate surface area is 147 Å². The normalized spacial score (nSPS) is 30.2. The minimum absolute atomic E-state index is 0.151. The fourth-order valence-electron chi connectivity index (χ4n) is 5.38. The molecule has 0 saturated heterocycles. The third-order valence-electron chi connectivity index (χ3n) is 6.70. The van der Waals surface area contributed by atoms with E-state index in [4.69, 9.17) is 0 Å². The van der Waals surface area contributed by atoms with Crippen LogP contribution in [0.2, 0.25) is 0 Å². The first-order valence-corrected chi connectivity index (χ1v) is 9.08. The van der Waals surface area contributed by atoms with Gasteiger partial charge in [0.15, 0.2) is 5.78 Å². The van der Waals surface area contributed by atoms with Crippen LogP contribution in [0.4, 0.5) is 0 Å². The quantitative estimate of drug-likeness (QED) is 0.621. The van der Waals surface area contributed by atoms with Crippen molar-refractivity contribution < 1.29 is 4.79 Å². The van der Waals surface area contributed by atoms with E-state index in [0.29, 0.717) is 11.7 Å². The number of carbonyl (C=O) groups excluding carboxylic acids is 1. The van der Waals surface area contributed by atoms with Gasteiger partial charge in [-0.1, -0.05) is 49.4 Å². The van der Waals surface area contributed by atoms with Crippen LogP contribution in [0.5, 0.6) is 0 Å². The number of hydrogen-bond donors (Lipinski definition) is 0. The fourth-order valence-corrected chi connectivity index (χ4v) is 5.38. The highest BCUT2D eigenvalue weighted by molar-refractivity contribution is 6.05. The second-order valence-corrected chi connectivity index (χ2v) is 8.00. The van der Waals surface area contributed by atoms with Gasteiger partial charge in [-0.25, -0.2) is 0 Å². The summed E-state index contributed by atoms with van der Waals surface area (Å²) >= 11 is 0. The van der Waals surface area contributed by atoms with Crippen molar-refractivity contribution in [2.45, 2.75) is 31.6 Å². The van der Waals surface area contributed by atoms with Gasteiger partial charge in [0.1, 0.15) is 0 Å². The fraction of sp³-hybridized carbons (Fsp3) is 0.304. The van der Waals surface area contributed by atoms with Gasteiger partial charge in [-0.2, -0.15) is 0 Å². The summed E-state index contributed by atoms with van der Waals surface area (Å²) in [5.74, 6) is 0.969. The Morgan fingerprint density at radius 1 is 0.960 bits per heavy atom. The summed E-state index contributed by atoms with van der Waals surface area (Å²) in [7, 11) is 0. The molecule has 6 rings (SSSR count). The lowest BCUT2D eigenvalue weighted by Crippen LogP contribution is -2.47. The standard InChI is InChI=1S/C23H21NO/c1-22(20-8-4-5-11-24-20)13-16-14-23(22,15-16)21(25)19-10-9-17-6-2-3-7-18(17)12-19/h2-12,16H,13-15H2,1H3/t16?,22-,23?/m0/s1. The van der Waals surface area contributed by atoms with Gasteiger partial charge < -0.3 is 0 Å². The topological polar surface area (TPSA) is 30.0 Å². The molecule has 0 amide bonds. The average molecular weight is 327 g/mol. The summed E-state index contributed by atoms with van der Waals surface area (Å²) in [5, 5.41) is 2.32. The van der Waals surface area contributed by atoms with Gasteiger partial charge in [0.25, 0.3) is 0 Å². The van der Waals surface area contributed by atoms with E-state index >= 15 is 0 Å². The molecule has 2 heteroatoms. The van der Waals surface area contributed by atoms with E-state index in [2.05, 4.69) is 42.2 Å². The van der Waals surface area contributed by atoms with Gasteiger partial charge in [-0.05, 0) is 54.2 Å². The van der Waals surface area contributed by atoms with Gasteiger partial charge in [0.2, 0.25) is 0 Å². The molecule has 1 aromatic heterocycles. The van der Waals surface area contributed by atoms with Crippen LogP contribution in [-0.2, 0) is 5.41 Å². The number of Topliss-reactive ketones (excluding diaryl/α,β-unsaturated/α-hetero) is 1. The summed E-state index contributed by atoms with van der Waals surface area (Å²) in [6, 6.07) is 20.5. The van der Waals surface area contributed by atoms with Gasteiger partial charge in [0.05, 0.1) is 0 Å². The van der Waals surface area contributed by atoms with Crippen molar-refractivity contribution in [3.05, 3.63) is 78.1 Å². The molecule has 3 fully saturated rings. The highest BCUT2D eigenvalue weighted by Gasteiger charge is 2.68. The number of benzene rings is 2. The van der Waals surface area contributed by atoms with Crippen LogP contribution in [0.15, 0.2) is 66.9 Å². The summed E-state index contributed by atoms with van der Waals surface area (Å²) in [6.45, 7) is 2.25. The van der Waals surface area contributed by atoms with E-state index < -0.39 is 0 Å². The molecular weight excluding hydrogens is 306 g/mol. The largest absolute Gasteiger partial charge is 0.294 e. The first-order chi connectivity index (χ1) is 12.1. The molecule has 1 atom stereocenters. The molecule has 3 aliphatic carbocycles. The molecule has 0 unspecified atom stereocenters. The lowest BCUT2D eigenvalue weighted by Gasteiger charge is -2.45.